The van der Waals surface area contributed by atoms with Crippen LogP contribution in [0.5, 0.6) is 0 Å². The molecule has 6 nitrogen and oxygen atoms in total. The average molecular weight is 406 g/mol. The lowest BCUT2D eigenvalue weighted by atomic mass is 9.78. The van der Waals surface area contributed by atoms with Gasteiger partial charge in [-0.3, -0.25) is 14.5 Å². The van der Waals surface area contributed by atoms with Crippen molar-refractivity contribution in [2.75, 3.05) is 6.54 Å². The zero-order chi connectivity index (χ0) is 20.5. The van der Waals surface area contributed by atoms with Crippen LogP contribution in [0.15, 0.2) is 24.3 Å². The second-order valence-electron chi connectivity index (χ2n) is 8.03. The molecule has 1 aromatic rings. The largest absolute Gasteiger partial charge is 0.352 e. The number of hydrogen-bond donors (Lipinski definition) is 2. The number of amides is 4. The minimum atomic E-state index is -1.16. The summed E-state index contributed by atoms with van der Waals surface area (Å²) in [7, 11) is 0. The van der Waals surface area contributed by atoms with Gasteiger partial charge in [0.05, 0.1) is 0 Å². The number of hydrogen-bond acceptors (Lipinski definition) is 3. The molecule has 0 unspecified atom stereocenters. The smallest absolute Gasteiger partial charge is 0.325 e. The van der Waals surface area contributed by atoms with Crippen molar-refractivity contribution in [3.05, 3.63) is 34.9 Å². The molecule has 152 valence electrons. The molecule has 1 aliphatic heterocycles. The lowest BCUT2D eigenvalue weighted by Crippen LogP contribution is -2.49. The van der Waals surface area contributed by atoms with E-state index < -0.39 is 17.5 Å². The van der Waals surface area contributed by atoms with E-state index in [9.17, 15) is 14.4 Å². The first-order chi connectivity index (χ1) is 13.3. The first kappa shape index (κ1) is 20.6. The zero-order valence-electron chi connectivity index (χ0n) is 16.6. The monoisotopic (exact) mass is 405 g/mol. The summed E-state index contributed by atoms with van der Waals surface area (Å²) in [4.78, 5) is 39.3. The Hall–Kier alpha value is -2.08. The van der Waals surface area contributed by atoms with Crippen LogP contribution in [0.25, 0.3) is 0 Å². The predicted octanol–water partition coefficient (Wildman–Crippen LogP) is 3.44. The van der Waals surface area contributed by atoms with E-state index in [-0.39, 0.29) is 18.5 Å². The van der Waals surface area contributed by atoms with E-state index in [1.54, 1.807) is 24.3 Å². The van der Waals surface area contributed by atoms with Crippen LogP contribution in [0.4, 0.5) is 4.79 Å². The standard InChI is InChI=1S/C21H28ClN3O3/c1-4-21(15-8-10-16(22)11-9-15)19(27)25(20(28)24-21)12-18(26)23-17-7-5-6-13(2)14(17)3/h8-11,13-14,17H,4-7,12H2,1-3H3,(H,23,26)(H,24,28)/t13-,14-,17-,21+/m0/s1. The summed E-state index contributed by atoms with van der Waals surface area (Å²) in [6.45, 7) is 5.91. The Bertz CT molecular complexity index is 767. The lowest BCUT2D eigenvalue weighted by molar-refractivity contribution is -0.135. The number of urea groups is 1. The molecule has 1 aliphatic carbocycles. The summed E-state index contributed by atoms with van der Waals surface area (Å²) < 4.78 is 0. The Morgan fingerprint density at radius 1 is 1.25 bits per heavy atom. The molecule has 4 amide bonds. The van der Waals surface area contributed by atoms with Crippen LogP contribution < -0.4 is 10.6 Å². The molecule has 2 fully saturated rings. The van der Waals surface area contributed by atoms with Crippen molar-refractivity contribution in [1.29, 1.82) is 0 Å². The van der Waals surface area contributed by atoms with E-state index >= 15 is 0 Å². The highest BCUT2D eigenvalue weighted by atomic mass is 35.5. The van der Waals surface area contributed by atoms with Crippen LogP contribution in [0.2, 0.25) is 5.02 Å². The van der Waals surface area contributed by atoms with Crippen molar-refractivity contribution in [2.24, 2.45) is 11.8 Å². The Morgan fingerprint density at radius 3 is 2.57 bits per heavy atom. The van der Waals surface area contributed by atoms with E-state index in [4.69, 9.17) is 11.6 Å². The molecule has 1 heterocycles. The summed E-state index contributed by atoms with van der Waals surface area (Å²) in [6, 6.07) is 6.40. The van der Waals surface area contributed by atoms with Gasteiger partial charge in [-0.05, 0) is 42.4 Å². The molecular formula is C21H28ClN3O3. The predicted molar refractivity (Wildman–Crippen MR) is 108 cm³/mol. The van der Waals surface area contributed by atoms with Gasteiger partial charge in [0, 0.05) is 11.1 Å². The Labute approximate surface area is 171 Å². The third-order valence-electron chi connectivity index (χ3n) is 6.40. The highest BCUT2D eigenvalue weighted by molar-refractivity contribution is 6.30. The van der Waals surface area contributed by atoms with Gasteiger partial charge in [-0.25, -0.2) is 4.79 Å². The van der Waals surface area contributed by atoms with Crippen molar-refractivity contribution in [3.8, 4) is 0 Å². The number of imide groups is 1. The van der Waals surface area contributed by atoms with Crippen LogP contribution in [0.3, 0.4) is 0 Å². The molecule has 1 saturated carbocycles. The van der Waals surface area contributed by atoms with Crippen LogP contribution in [-0.4, -0.2) is 35.3 Å². The quantitative estimate of drug-likeness (QED) is 0.736. The summed E-state index contributed by atoms with van der Waals surface area (Å²) in [5, 5.41) is 6.38. The first-order valence-electron chi connectivity index (χ1n) is 9.98. The number of carbonyl (C=O) groups is 3. The van der Waals surface area contributed by atoms with Gasteiger partial charge >= 0.3 is 6.03 Å². The minimum Gasteiger partial charge on any atom is -0.352 e. The molecular weight excluding hydrogens is 378 g/mol. The Balaban J connectivity index is 1.72. The van der Waals surface area contributed by atoms with Crippen LogP contribution in [0, 0.1) is 11.8 Å². The Kier molecular flexibility index (Phi) is 5.98. The molecule has 7 heteroatoms. The van der Waals surface area contributed by atoms with E-state index in [1.165, 1.54) is 6.42 Å². The maximum absolute atomic E-state index is 13.1. The fraction of sp³-hybridized carbons (Fsp3) is 0.571. The van der Waals surface area contributed by atoms with Gasteiger partial charge in [0.15, 0.2) is 0 Å². The van der Waals surface area contributed by atoms with E-state index in [1.807, 2.05) is 6.92 Å². The summed E-state index contributed by atoms with van der Waals surface area (Å²) in [5.74, 6) is 0.234. The molecule has 2 N–H and O–H groups in total. The highest BCUT2D eigenvalue weighted by Gasteiger charge is 2.51. The molecule has 1 aromatic carbocycles. The van der Waals surface area contributed by atoms with Crippen molar-refractivity contribution >= 4 is 29.4 Å². The summed E-state index contributed by atoms with van der Waals surface area (Å²) in [6.07, 6.45) is 3.56. The maximum atomic E-state index is 13.1. The highest BCUT2D eigenvalue weighted by Crippen LogP contribution is 2.33. The average Bonchev–Trinajstić information content (AvgIpc) is 2.91. The topological polar surface area (TPSA) is 78.5 Å². The van der Waals surface area contributed by atoms with Crippen molar-refractivity contribution in [1.82, 2.24) is 15.5 Å². The molecule has 3 rings (SSSR count). The molecule has 28 heavy (non-hydrogen) atoms. The van der Waals surface area contributed by atoms with Gasteiger partial charge in [0.1, 0.15) is 12.1 Å². The van der Waals surface area contributed by atoms with E-state index in [2.05, 4.69) is 24.5 Å². The van der Waals surface area contributed by atoms with Gasteiger partial charge in [0.25, 0.3) is 5.91 Å². The zero-order valence-corrected chi connectivity index (χ0v) is 17.4. The number of carbonyl (C=O) groups excluding carboxylic acids is 3. The summed E-state index contributed by atoms with van der Waals surface area (Å²) in [5.41, 5.74) is -0.496. The third-order valence-corrected chi connectivity index (χ3v) is 6.65. The van der Waals surface area contributed by atoms with Crippen molar-refractivity contribution in [3.63, 3.8) is 0 Å². The molecule has 0 bridgehead atoms. The number of halogens is 1. The number of nitrogens with zero attached hydrogens (tertiary/aromatic N) is 1. The van der Waals surface area contributed by atoms with Gasteiger partial charge in [-0.15, -0.1) is 0 Å². The summed E-state index contributed by atoms with van der Waals surface area (Å²) >= 11 is 5.95. The molecule has 2 aliphatic rings. The third kappa shape index (κ3) is 3.75. The van der Waals surface area contributed by atoms with Crippen LogP contribution in [-0.2, 0) is 15.1 Å². The van der Waals surface area contributed by atoms with Gasteiger partial charge in [-0.1, -0.05) is 57.3 Å². The van der Waals surface area contributed by atoms with Gasteiger partial charge < -0.3 is 10.6 Å². The van der Waals surface area contributed by atoms with Crippen LogP contribution >= 0.6 is 11.6 Å². The number of benzene rings is 1. The minimum absolute atomic E-state index is 0.0872. The molecule has 4 atom stereocenters. The molecule has 0 radical (unpaired) electrons. The second-order valence-corrected chi connectivity index (χ2v) is 8.46. The Morgan fingerprint density at radius 2 is 1.93 bits per heavy atom. The number of nitrogens with one attached hydrogen (secondary N) is 2. The van der Waals surface area contributed by atoms with E-state index in [0.717, 1.165) is 17.7 Å². The van der Waals surface area contributed by atoms with Crippen molar-refractivity contribution < 1.29 is 14.4 Å². The normalized spacial score (nSPS) is 30.3. The SMILES string of the molecule is CC[C@]1(c2ccc(Cl)cc2)NC(=O)N(CC(=O)N[C@H]2CCC[C@H](C)[C@@H]2C)C1=O. The maximum Gasteiger partial charge on any atom is 0.325 e. The fourth-order valence-electron chi connectivity index (χ4n) is 4.33. The first-order valence-corrected chi connectivity index (χ1v) is 10.4. The number of rotatable bonds is 5. The van der Waals surface area contributed by atoms with E-state index in [0.29, 0.717) is 28.8 Å². The second kappa shape index (κ2) is 8.11. The fourth-order valence-corrected chi connectivity index (χ4v) is 4.45. The molecule has 1 saturated heterocycles. The lowest BCUT2D eigenvalue weighted by Gasteiger charge is -2.34. The van der Waals surface area contributed by atoms with Gasteiger partial charge in [-0.2, -0.15) is 0 Å². The van der Waals surface area contributed by atoms with Crippen molar-refractivity contribution in [2.45, 2.75) is 58.0 Å². The molecule has 0 spiro atoms. The van der Waals surface area contributed by atoms with Crippen LogP contribution in [0.1, 0.15) is 52.0 Å². The van der Waals surface area contributed by atoms with Gasteiger partial charge in [0.2, 0.25) is 5.91 Å². The molecule has 0 aromatic heterocycles.